The number of halogens is 1. The summed E-state index contributed by atoms with van der Waals surface area (Å²) in [5.74, 6) is 2.52. The minimum absolute atomic E-state index is 0.0843. The SMILES string of the molecule is C#Cc1cccc(Nc2ncnc3cc(F)c(NC(=O)N4CC[C@@H](N(C)C)C4)cc23)c1. The zero-order valence-corrected chi connectivity index (χ0v) is 17.4. The van der Waals surface area contributed by atoms with Crippen molar-refractivity contribution >= 4 is 34.1 Å². The van der Waals surface area contributed by atoms with Crippen LogP contribution in [-0.4, -0.2) is 59.0 Å². The minimum Gasteiger partial charge on any atom is -0.340 e. The monoisotopic (exact) mass is 418 g/mol. The van der Waals surface area contributed by atoms with Gasteiger partial charge in [-0.15, -0.1) is 6.42 Å². The molecular formula is C23H23FN6O. The molecule has 1 aliphatic heterocycles. The Morgan fingerprint density at radius 2 is 2.13 bits per heavy atom. The van der Waals surface area contributed by atoms with E-state index in [0.29, 0.717) is 35.9 Å². The standard InChI is InChI=1S/C23H23FN6O/c1-4-15-6-5-7-16(10-15)27-22-18-11-21(19(24)12-20(18)25-14-26-22)28-23(31)30-9-8-17(13-30)29(2)3/h1,5-7,10-12,14,17H,8-9,13H2,2-3H3,(H,28,31)(H,25,26,27)/t17-/m1/s1. The van der Waals surface area contributed by atoms with Crippen molar-refractivity contribution in [3.63, 3.8) is 0 Å². The van der Waals surface area contributed by atoms with Crippen LogP contribution in [0.1, 0.15) is 12.0 Å². The fraction of sp³-hybridized carbons (Fsp3) is 0.261. The highest BCUT2D eigenvalue weighted by Gasteiger charge is 2.28. The first-order valence-corrected chi connectivity index (χ1v) is 9.95. The molecule has 0 unspecified atom stereocenters. The van der Waals surface area contributed by atoms with Crippen molar-refractivity contribution in [2.45, 2.75) is 12.5 Å². The molecule has 31 heavy (non-hydrogen) atoms. The third-order valence-corrected chi connectivity index (χ3v) is 5.44. The van der Waals surface area contributed by atoms with E-state index >= 15 is 0 Å². The molecule has 158 valence electrons. The van der Waals surface area contributed by atoms with Crippen molar-refractivity contribution in [3.05, 3.63) is 54.1 Å². The van der Waals surface area contributed by atoms with E-state index in [9.17, 15) is 9.18 Å². The van der Waals surface area contributed by atoms with Gasteiger partial charge in [0.2, 0.25) is 0 Å². The average Bonchev–Trinajstić information content (AvgIpc) is 3.26. The second kappa shape index (κ2) is 8.58. The Morgan fingerprint density at radius 1 is 1.29 bits per heavy atom. The first-order valence-electron chi connectivity index (χ1n) is 9.95. The van der Waals surface area contributed by atoms with Crippen molar-refractivity contribution in [3.8, 4) is 12.3 Å². The van der Waals surface area contributed by atoms with E-state index in [4.69, 9.17) is 6.42 Å². The van der Waals surface area contributed by atoms with Gasteiger partial charge in [-0.2, -0.15) is 0 Å². The van der Waals surface area contributed by atoms with E-state index in [2.05, 4.69) is 31.4 Å². The summed E-state index contributed by atoms with van der Waals surface area (Å²) in [6.07, 6.45) is 7.72. The van der Waals surface area contributed by atoms with Crippen LogP contribution in [0.3, 0.4) is 0 Å². The molecule has 1 aliphatic rings. The lowest BCUT2D eigenvalue weighted by atomic mass is 10.1. The number of urea groups is 1. The number of benzene rings is 2. The number of nitrogens with zero attached hydrogens (tertiary/aromatic N) is 4. The van der Waals surface area contributed by atoms with Gasteiger partial charge in [0.15, 0.2) is 0 Å². The molecule has 2 aromatic carbocycles. The van der Waals surface area contributed by atoms with Gasteiger partial charge in [-0.1, -0.05) is 12.0 Å². The normalized spacial score (nSPS) is 15.8. The van der Waals surface area contributed by atoms with Gasteiger partial charge in [0.1, 0.15) is 18.0 Å². The summed E-state index contributed by atoms with van der Waals surface area (Å²) in [6.45, 7) is 1.24. The molecule has 2 heterocycles. The lowest BCUT2D eigenvalue weighted by Gasteiger charge is -2.21. The molecule has 0 bridgehead atoms. The van der Waals surface area contributed by atoms with E-state index < -0.39 is 5.82 Å². The molecule has 0 saturated carbocycles. The van der Waals surface area contributed by atoms with Crippen LogP contribution in [0.15, 0.2) is 42.7 Å². The highest BCUT2D eigenvalue weighted by Crippen LogP contribution is 2.28. The molecular weight excluding hydrogens is 395 g/mol. The number of carbonyl (C=O) groups excluding carboxylic acids is 1. The predicted molar refractivity (Wildman–Crippen MR) is 120 cm³/mol. The number of anilines is 3. The fourth-order valence-corrected chi connectivity index (χ4v) is 3.64. The largest absolute Gasteiger partial charge is 0.340 e. The zero-order valence-electron chi connectivity index (χ0n) is 17.4. The van der Waals surface area contributed by atoms with Crippen LogP contribution in [0.4, 0.5) is 26.4 Å². The van der Waals surface area contributed by atoms with Crippen LogP contribution >= 0.6 is 0 Å². The van der Waals surface area contributed by atoms with Crippen molar-refractivity contribution < 1.29 is 9.18 Å². The molecule has 0 radical (unpaired) electrons. The summed E-state index contributed by atoms with van der Waals surface area (Å²) in [4.78, 5) is 24.9. The topological polar surface area (TPSA) is 73.4 Å². The molecule has 0 spiro atoms. The Balaban J connectivity index is 1.60. The van der Waals surface area contributed by atoms with E-state index in [1.165, 1.54) is 12.4 Å². The highest BCUT2D eigenvalue weighted by molar-refractivity contribution is 5.97. The third-order valence-electron chi connectivity index (χ3n) is 5.44. The second-order valence-electron chi connectivity index (χ2n) is 7.70. The molecule has 3 aromatic rings. The van der Waals surface area contributed by atoms with Crippen molar-refractivity contribution in [1.82, 2.24) is 19.8 Å². The van der Waals surface area contributed by atoms with Gasteiger partial charge in [-0.3, -0.25) is 0 Å². The van der Waals surface area contributed by atoms with E-state index in [1.807, 2.05) is 38.4 Å². The quantitative estimate of drug-likeness (QED) is 0.633. The summed E-state index contributed by atoms with van der Waals surface area (Å²) in [7, 11) is 3.98. The van der Waals surface area contributed by atoms with Crippen molar-refractivity contribution in [2.24, 2.45) is 0 Å². The van der Waals surface area contributed by atoms with Gasteiger partial charge in [-0.05, 0) is 44.8 Å². The highest BCUT2D eigenvalue weighted by atomic mass is 19.1. The number of terminal acetylenes is 1. The molecule has 1 saturated heterocycles. The summed E-state index contributed by atoms with van der Waals surface area (Å²) in [5, 5.41) is 6.48. The first kappa shape index (κ1) is 20.6. The Morgan fingerprint density at radius 3 is 2.87 bits per heavy atom. The average molecular weight is 418 g/mol. The number of nitrogens with one attached hydrogen (secondary N) is 2. The maximum absolute atomic E-state index is 14.7. The molecule has 2 N–H and O–H groups in total. The smallest absolute Gasteiger partial charge is 0.321 e. The maximum atomic E-state index is 14.7. The van der Waals surface area contributed by atoms with Crippen LogP contribution in [0.5, 0.6) is 0 Å². The van der Waals surface area contributed by atoms with Gasteiger partial charge >= 0.3 is 6.03 Å². The molecule has 4 rings (SSSR count). The zero-order chi connectivity index (χ0) is 22.0. The molecule has 1 aromatic heterocycles. The van der Waals surface area contributed by atoms with E-state index in [0.717, 1.165) is 17.7 Å². The lowest BCUT2D eigenvalue weighted by molar-refractivity contribution is 0.216. The Labute approximate surface area is 180 Å². The van der Waals surface area contributed by atoms with Gasteiger partial charge < -0.3 is 20.4 Å². The minimum atomic E-state index is -0.553. The number of carbonyl (C=O) groups is 1. The van der Waals surface area contributed by atoms with Crippen molar-refractivity contribution in [1.29, 1.82) is 0 Å². The molecule has 1 fully saturated rings. The van der Waals surface area contributed by atoms with Gasteiger partial charge in [0, 0.05) is 41.8 Å². The summed E-state index contributed by atoms with van der Waals surface area (Å²) >= 11 is 0. The number of likely N-dealkylation sites (tertiary alicyclic amines) is 1. The number of amides is 2. The Kier molecular flexibility index (Phi) is 5.69. The number of likely N-dealkylation sites (N-methyl/N-ethyl adjacent to an activating group) is 1. The predicted octanol–water partition coefficient (Wildman–Crippen LogP) is 3.66. The van der Waals surface area contributed by atoms with Crippen molar-refractivity contribution in [2.75, 3.05) is 37.8 Å². The lowest BCUT2D eigenvalue weighted by Crippen LogP contribution is -2.37. The first-order chi connectivity index (χ1) is 14.9. The Bertz CT molecular complexity index is 1170. The van der Waals surface area contributed by atoms with Gasteiger partial charge in [0.05, 0.1) is 11.2 Å². The Hall–Kier alpha value is -3.70. The van der Waals surface area contributed by atoms with E-state index in [-0.39, 0.29) is 11.7 Å². The summed E-state index contributed by atoms with van der Waals surface area (Å²) < 4.78 is 14.7. The fourth-order valence-electron chi connectivity index (χ4n) is 3.64. The van der Waals surface area contributed by atoms with Gasteiger partial charge in [-0.25, -0.2) is 19.2 Å². The van der Waals surface area contributed by atoms with Gasteiger partial charge in [0.25, 0.3) is 0 Å². The van der Waals surface area contributed by atoms with Crippen LogP contribution in [0.2, 0.25) is 0 Å². The summed E-state index contributed by atoms with van der Waals surface area (Å²) in [6, 6.07) is 10.2. The molecule has 0 aliphatic carbocycles. The third kappa shape index (κ3) is 4.42. The molecule has 2 amide bonds. The van der Waals surface area contributed by atoms with Crippen LogP contribution in [-0.2, 0) is 0 Å². The molecule has 1 atom stereocenters. The number of hydrogen-bond acceptors (Lipinski definition) is 5. The molecule has 8 heteroatoms. The second-order valence-corrected chi connectivity index (χ2v) is 7.70. The number of hydrogen-bond donors (Lipinski definition) is 2. The summed E-state index contributed by atoms with van der Waals surface area (Å²) in [5.41, 5.74) is 1.98. The van der Waals surface area contributed by atoms with Crippen LogP contribution in [0.25, 0.3) is 10.9 Å². The van der Waals surface area contributed by atoms with E-state index in [1.54, 1.807) is 11.0 Å². The number of aromatic nitrogens is 2. The molecule has 7 nitrogen and oxygen atoms in total. The van der Waals surface area contributed by atoms with Crippen LogP contribution in [0, 0.1) is 18.2 Å². The van der Waals surface area contributed by atoms with Crippen LogP contribution < -0.4 is 10.6 Å². The maximum Gasteiger partial charge on any atom is 0.321 e. The number of fused-ring (bicyclic) bond motifs is 1. The number of rotatable bonds is 4.